The molecule has 6 heteroatoms. The Morgan fingerprint density at radius 3 is 2.40 bits per heavy atom. The summed E-state index contributed by atoms with van der Waals surface area (Å²) in [5.41, 5.74) is 0.962. The van der Waals surface area contributed by atoms with Crippen molar-refractivity contribution in [1.82, 2.24) is 0 Å². The molecule has 2 aliphatic rings. The molecule has 1 aliphatic heterocycles. The molecule has 3 nitrogen and oxygen atoms in total. The van der Waals surface area contributed by atoms with Gasteiger partial charge in [-0.15, -0.1) is 6.58 Å². The van der Waals surface area contributed by atoms with Gasteiger partial charge in [0.15, 0.2) is 23.0 Å². The Bertz CT molecular complexity index is 949. The first-order chi connectivity index (χ1) is 14.5. The van der Waals surface area contributed by atoms with Crippen LogP contribution in [0.3, 0.4) is 0 Å². The van der Waals surface area contributed by atoms with Crippen molar-refractivity contribution >= 4 is 0 Å². The second kappa shape index (κ2) is 8.62. The first-order valence-corrected chi connectivity index (χ1v) is 10.4. The van der Waals surface area contributed by atoms with Crippen molar-refractivity contribution in [3.63, 3.8) is 0 Å². The molecule has 30 heavy (non-hydrogen) atoms. The Morgan fingerprint density at radius 1 is 0.967 bits per heavy atom. The Hall–Kier alpha value is -2.63. The van der Waals surface area contributed by atoms with Crippen LogP contribution in [0.4, 0.5) is 13.2 Å². The maximum absolute atomic E-state index is 15.0. The standard InChI is InChI=1S/C24H25F3O3/c1-3-14-5-7-15(8-6-14)13-29-18-10-9-16-11-17-12-19(28-4-2)20(25)22(27)24(17)30-23(16)21(18)26/h3,9-10,12,14-15H,1,4-8,11,13H2,2H3. The number of ether oxygens (including phenoxy) is 3. The van der Waals surface area contributed by atoms with Gasteiger partial charge in [-0.3, -0.25) is 0 Å². The average Bonchev–Trinajstić information content (AvgIpc) is 2.76. The summed E-state index contributed by atoms with van der Waals surface area (Å²) in [6.45, 7) is 6.15. The number of allylic oxidation sites excluding steroid dienone is 1. The minimum Gasteiger partial charge on any atom is -0.491 e. The van der Waals surface area contributed by atoms with Gasteiger partial charge in [0.2, 0.25) is 17.5 Å². The molecule has 160 valence electrons. The second-order valence-electron chi connectivity index (χ2n) is 7.90. The first-order valence-electron chi connectivity index (χ1n) is 10.4. The van der Waals surface area contributed by atoms with Crippen LogP contribution in [0, 0.1) is 29.3 Å². The number of hydrogen-bond acceptors (Lipinski definition) is 3. The van der Waals surface area contributed by atoms with E-state index in [1.807, 2.05) is 6.08 Å². The lowest BCUT2D eigenvalue weighted by molar-refractivity contribution is 0.188. The van der Waals surface area contributed by atoms with E-state index in [9.17, 15) is 8.78 Å². The van der Waals surface area contributed by atoms with E-state index in [0.29, 0.717) is 29.6 Å². The molecule has 1 heterocycles. The lowest BCUT2D eigenvalue weighted by Gasteiger charge is -2.27. The van der Waals surface area contributed by atoms with Gasteiger partial charge in [0, 0.05) is 17.5 Å². The Balaban J connectivity index is 1.52. The van der Waals surface area contributed by atoms with E-state index in [2.05, 4.69) is 6.58 Å². The molecule has 0 unspecified atom stereocenters. The van der Waals surface area contributed by atoms with Gasteiger partial charge >= 0.3 is 0 Å². The molecule has 0 N–H and O–H groups in total. The lowest BCUT2D eigenvalue weighted by Crippen LogP contribution is -2.19. The monoisotopic (exact) mass is 418 g/mol. The van der Waals surface area contributed by atoms with Crippen LogP contribution in [0.15, 0.2) is 30.9 Å². The van der Waals surface area contributed by atoms with E-state index in [4.69, 9.17) is 14.2 Å². The molecule has 0 spiro atoms. The van der Waals surface area contributed by atoms with E-state index in [-0.39, 0.29) is 36.0 Å². The van der Waals surface area contributed by atoms with Crippen LogP contribution in [-0.4, -0.2) is 13.2 Å². The number of fused-ring (bicyclic) bond motifs is 2. The summed E-state index contributed by atoms with van der Waals surface area (Å²) in [5, 5.41) is 0. The number of halogens is 3. The van der Waals surface area contributed by atoms with Crippen LogP contribution in [0.25, 0.3) is 0 Å². The van der Waals surface area contributed by atoms with E-state index in [0.717, 1.165) is 25.7 Å². The molecule has 2 aromatic carbocycles. The van der Waals surface area contributed by atoms with Crippen LogP contribution in [0.1, 0.15) is 43.7 Å². The molecule has 1 saturated carbocycles. The van der Waals surface area contributed by atoms with Gasteiger partial charge in [0.1, 0.15) is 0 Å². The van der Waals surface area contributed by atoms with Crippen LogP contribution in [-0.2, 0) is 6.42 Å². The van der Waals surface area contributed by atoms with Crippen molar-refractivity contribution in [3.05, 3.63) is 59.4 Å². The zero-order valence-electron chi connectivity index (χ0n) is 17.0. The van der Waals surface area contributed by atoms with Gasteiger partial charge < -0.3 is 14.2 Å². The summed E-state index contributed by atoms with van der Waals surface area (Å²) in [6.07, 6.45) is 6.37. The van der Waals surface area contributed by atoms with Crippen molar-refractivity contribution in [1.29, 1.82) is 0 Å². The quantitative estimate of drug-likeness (QED) is 0.424. The summed E-state index contributed by atoms with van der Waals surface area (Å²) in [6, 6.07) is 4.68. The Morgan fingerprint density at radius 2 is 1.70 bits per heavy atom. The fraction of sp³-hybridized carbons (Fsp3) is 0.417. The van der Waals surface area contributed by atoms with E-state index < -0.39 is 17.5 Å². The number of benzene rings is 2. The summed E-state index contributed by atoms with van der Waals surface area (Å²) in [7, 11) is 0. The average molecular weight is 418 g/mol. The van der Waals surface area contributed by atoms with Gasteiger partial charge in [-0.1, -0.05) is 12.1 Å². The number of hydrogen-bond donors (Lipinski definition) is 0. The fourth-order valence-electron chi connectivity index (χ4n) is 4.18. The third-order valence-electron chi connectivity index (χ3n) is 5.93. The highest BCUT2D eigenvalue weighted by Crippen LogP contribution is 2.44. The molecule has 4 rings (SSSR count). The predicted octanol–water partition coefficient (Wildman–Crippen LogP) is 6.57. The van der Waals surface area contributed by atoms with Gasteiger partial charge in [0.25, 0.3) is 0 Å². The smallest absolute Gasteiger partial charge is 0.207 e. The van der Waals surface area contributed by atoms with Crippen LogP contribution < -0.4 is 14.2 Å². The third kappa shape index (κ3) is 3.87. The predicted molar refractivity (Wildman–Crippen MR) is 108 cm³/mol. The van der Waals surface area contributed by atoms with Crippen LogP contribution >= 0.6 is 0 Å². The van der Waals surface area contributed by atoms with Gasteiger partial charge in [0.05, 0.1) is 13.2 Å². The Labute approximate surface area is 174 Å². The van der Waals surface area contributed by atoms with Gasteiger partial charge in [-0.25, -0.2) is 0 Å². The molecule has 2 aromatic rings. The normalized spacial score (nSPS) is 20.0. The largest absolute Gasteiger partial charge is 0.491 e. The molecule has 0 bridgehead atoms. The summed E-state index contributed by atoms with van der Waals surface area (Å²) in [5.74, 6) is -2.61. The summed E-state index contributed by atoms with van der Waals surface area (Å²) < 4.78 is 60.1. The van der Waals surface area contributed by atoms with E-state index in [1.54, 1.807) is 19.1 Å². The summed E-state index contributed by atoms with van der Waals surface area (Å²) in [4.78, 5) is 0. The van der Waals surface area contributed by atoms with Crippen molar-refractivity contribution in [2.75, 3.05) is 13.2 Å². The topological polar surface area (TPSA) is 27.7 Å². The summed E-state index contributed by atoms with van der Waals surface area (Å²) >= 11 is 0. The zero-order valence-corrected chi connectivity index (χ0v) is 17.0. The van der Waals surface area contributed by atoms with Crippen molar-refractivity contribution < 1.29 is 27.4 Å². The lowest BCUT2D eigenvalue weighted by atomic mass is 9.82. The zero-order chi connectivity index (χ0) is 21.3. The Kier molecular flexibility index (Phi) is 5.93. The first kappa shape index (κ1) is 20.6. The number of rotatable bonds is 6. The molecule has 1 fully saturated rings. The van der Waals surface area contributed by atoms with Crippen molar-refractivity contribution in [2.45, 2.75) is 39.0 Å². The maximum atomic E-state index is 15.0. The minimum atomic E-state index is -1.17. The molecular formula is C24H25F3O3. The van der Waals surface area contributed by atoms with Gasteiger partial charge in [-0.05, 0) is 56.6 Å². The molecule has 0 saturated heterocycles. The fourth-order valence-corrected chi connectivity index (χ4v) is 4.18. The van der Waals surface area contributed by atoms with Crippen LogP contribution in [0.5, 0.6) is 23.0 Å². The van der Waals surface area contributed by atoms with Crippen molar-refractivity contribution in [3.8, 4) is 23.0 Å². The molecule has 1 aliphatic carbocycles. The maximum Gasteiger partial charge on any atom is 0.207 e. The molecular weight excluding hydrogens is 393 g/mol. The molecule has 0 aromatic heterocycles. The van der Waals surface area contributed by atoms with E-state index >= 15 is 4.39 Å². The highest BCUT2D eigenvalue weighted by molar-refractivity contribution is 5.55. The SMILES string of the molecule is C=CC1CCC(COc2ccc3c(c2F)Oc2c(cc(OCC)c(F)c2F)C3)CC1. The second-order valence-corrected chi connectivity index (χ2v) is 7.90. The van der Waals surface area contributed by atoms with Crippen LogP contribution in [0.2, 0.25) is 0 Å². The van der Waals surface area contributed by atoms with Crippen molar-refractivity contribution in [2.24, 2.45) is 11.8 Å². The highest BCUT2D eigenvalue weighted by atomic mass is 19.2. The third-order valence-corrected chi connectivity index (χ3v) is 5.93. The van der Waals surface area contributed by atoms with E-state index in [1.165, 1.54) is 6.07 Å². The van der Waals surface area contributed by atoms with Gasteiger partial charge in [-0.2, -0.15) is 13.2 Å². The minimum absolute atomic E-state index is 0.0647. The molecule has 0 amide bonds. The molecule has 0 radical (unpaired) electrons. The molecule has 0 atom stereocenters. The highest BCUT2D eigenvalue weighted by Gasteiger charge is 2.29.